The second-order valence-electron chi connectivity index (χ2n) is 5.18. The molecule has 26 heavy (non-hydrogen) atoms. The van der Waals surface area contributed by atoms with Crippen LogP contribution in [0.15, 0.2) is 29.2 Å². The predicted octanol–water partition coefficient (Wildman–Crippen LogP) is 1.40. The zero-order chi connectivity index (χ0) is 19.1. The van der Waals surface area contributed by atoms with Crippen LogP contribution in [0.25, 0.3) is 0 Å². The minimum atomic E-state index is -3.74. The van der Waals surface area contributed by atoms with Crippen molar-refractivity contribution in [3.05, 3.63) is 29.8 Å². The fourth-order valence-electron chi connectivity index (χ4n) is 1.77. The summed E-state index contributed by atoms with van der Waals surface area (Å²) in [5.41, 5.74) is 0.981. The third kappa shape index (κ3) is 10.5. The summed E-state index contributed by atoms with van der Waals surface area (Å²) in [5.74, 6) is 2.37. The monoisotopic (exact) mass is 386 g/mol. The van der Waals surface area contributed by atoms with E-state index in [2.05, 4.69) is 5.92 Å². The normalized spacial score (nSPS) is 11.4. The van der Waals surface area contributed by atoms with Gasteiger partial charge in [-0.25, -0.2) is 0 Å². The van der Waals surface area contributed by atoms with E-state index in [1.165, 1.54) is 12.1 Å². The number of rotatable bonds is 15. The number of benzene rings is 1. The van der Waals surface area contributed by atoms with Crippen LogP contribution < -0.4 is 0 Å². The van der Waals surface area contributed by atoms with Gasteiger partial charge >= 0.3 is 0 Å². The van der Waals surface area contributed by atoms with Crippen LogP contribution in [0.5, 0.6) is 0 Å². The van der Waals surface area contributed by atoms with Crippen LogP contribution in [-0.4, -0.2) is 67.9 Å². The Hall–Kier alpha value is -1.47. The van der Waals surface area contributed by atoms with Crippen molar-refractivity contribution in [1.29, 1.82) is 0 Å². The first-order valence-corrected chi connectivity index (χ1v) is 9.67. The SMILES string of the molecule is C#CCOCCOCCOCCOCCOS(=O)(=O)c1ccc(C)cc1. The molecular formula is C18H26O7S. The molecule has 0 unspecified atom stereocenters. The lowest BCUT2D eigenvalue weighted by Gasteiger charge is -2.08. The highest BCUT2D eigenvalue weighted by Gasteiger charge is 2.14. The van der Waals surface area contributed by atoms with Crippen molar-refractivity contribution >= 4 is 10.1 Å². The lowest BCUT2D eigenvalue weighted by atomic mass is 10.2. The molecule has 0 spiro atoms. The van der Waals surface area contributed by atoms with E-state index < -0.39 is 10.1 Å². The number of hydrogen-bond donors (Lipinski definition) is 0. The van der Waals surface area contributed by atoms with Gasteiger partial charge in [0.25, 0.3) is 10.1 Å². The van der Waals surface area contributed by atoms with E-state index in [0.29, 0.717) is 39.6 Å². The maximum atomic E-state index is 11.9. The molecule has 1 aromatic rings. The topological polar surface area (TPSA) is 80.3 Å². The molecule has 8 heteroatoms. The minimum Gasteiger partial charge on any atom is -0.377 e. The largest absolute Gasteiger partial charge is 0.377 e. The molecule has 0 heterocycles. The Kier molecular flexibility index (Phi) is 11.9. The maximum Gasteiger partial charge on any atom is 0.297 e. The standard InChI is InChI=1S/C18H26O7S/c1-3-8-21-9-10-22-11-12-23-13-14-24-15-16-25-26(19,20)18-6-4-17(2)5-7-18/h1,4-7H,8-16H2,2H3. The van der Waals surface area contributed by atoms with Gasteiger partial charge in [-0.05, 0) is 19.1 Å². The van der Waals surface area contributed by atoms with E-state index in [1.807, 2.05) is 6.92 Å². The molecule has 1 rings (SSSR count). The molecule has 0 saturated carbocycles. The second kappa shape index (κ2) is 13.7. The summed E-state index contributed by atoms with van der Waals surface area (Å²) in [4.78, 5) is 0.135. The number of hydrogen-bond acceptors (Lipinski definition) is 7. The molecule has 0 aliphatic rings. The smallest absolute Gasteiger partial charge is 0.297 e. The highest BCUT2D eigenvalue weighted by molar-refractivity contribution is 7.86. The Morgan fingerprint density at radius 2 is 1.27 bits per heavy atom. The van der Waals surface area contributed by atoms with Crippen molar-refractivity contribution in [1.82, 2.24) is 0 Å². The minimum absolute atomic E-state index is 0.0447. The van der Waals surface area contributed by atoms with Crippen LogP contribution in [0.3, 0.4) is 0 Å². The Bertz CT molecular complexity index is 620. The van der Waals surface area contributed by atoms with Crippen molar-refractivity contribution in [2.45, 2.75) is 11.8 Å². The van der Waals surface area contributed by atoms with E-state index in [1.54, 1.807) is 12.1 Å². The fourth-order valence-corrected chi connectivity index (χ4v) is 2.66. The lowest BCUT2D eigenvalue weighted by molar-refractivity contribution is -0.00165. The molecule has 7 nitrogen and oxygen atoms in total. The molecule has 0 atom stereocenters. The second-order valence-corrected chi connectivity index (χ2v) is 6.80. The van der Waals surface area contributed by atoms with Crippen molar-refractivity contribution < 1.29 is 31.5 Å². The number of terminal acetylenes is 1. The van der Waals surface area contributed by atoms with Crippen molar-refractivity contribution in [3.63, 3.8) is 0 Å². The van der Waals surface area contributed by atoms with Gasteiger partial charge in [-0.3, -0.25) is 4.18 Å². The van der Waals surface area contributed by atoms with E-state index in [9.17, 15) is 8.42 Å². The zero-order valence-electron chi connectivity index (χ0n) is 15.0. The Balaban J connectivity index is 1.95. The highest BCUT2D eigenvalue weighted by atomic mass is 32.2. The van der Waals surface area contributed by atoms with Gasteiger partial charge in [-0.2, -0.15) is 8.42 Å². The summed E-state index contributed by atoms with van der Waals surface area (Å²) in [6.45, 7) is 4.85. The van der Waals surface area contributed by atoms with Gasteiger partial charge in [0.2, 0.25) is 0 Å². The van der Waals surface area contributed by atoms with E-state index in [-0.39, 0.29) is 24.7 Å². The molecule has 0 fully saturated rings. The third-order valence-corrected chi connectivity index (χ3v) is 4.40. The summed E-state index contributed by atoms with van der Waals surface area (Å²) in [6, 6.07) is 6.47. The molecule has 1 aromatic carbocycles. The average molecular weight is 386 g/mol. The van der Waals surface area contributed by atoms with Gasteiger partial charge in [0.15, 0.2) is 0 Å². The van der Waals surface area contributed by atoms with Crippen LogP contribution in [0.2, 0.25) is 0 Å². The zero-order valence-corrected chi connectivity index (χ0v) is 15.8. The van der Waals surface area contributed by atoms with Gasteiger partial charge in [-0.1, -0.05) is 23.6 Å². The quantitative estimate of drug-likeness (QED) is 0.256. The summed E-state index contributed by atoms with van der Waals surface area (Å²) >= 11 is 0. The van der Waals surface area contributed by atoms with Crippen molar-refractivity contribution in [3.8, 4) is 12.3 Å². The van der Waals surface area contributed by atoms with Crippen LogP contribution in [0, 0.1) is 19.3 Å². The van der Waals surface area contributed by atoms with Crippen LogP contribution >= 0.6 is 0 Å². The van der Waals surface area contributed by atoms with Crippen LogP contribution in [0.4, 0.5) is 0 Å². The van der Waals surface area contributed by atoms with Crippen LogP contribution in [-0.2, 0) is 33.2 Å². The van der Waals surface area contributed by atoms with Crippen LogP contribution in [0.1, 0.15) is 5.56 Å². The number of ether oxygens (including phenoxy) is 4. The number of aryl methyl sites for hydroxylation is 1. The molecule has 0 radical (unpaired) electrons. The maximum absolute atomic E-state index is 11.9. The molecule has 0 bridgehead atoms. The summed E-state index contributed by atoms with van der Waals surface area (Å²) < 4.78 is 49.7. The van der Waals surface area contributed by atoms with Gasteiger partial charge in [-0.15, -0.1) is 6.42 Å². The van der Waals surface area contributed by atoms with Crippen molar-refractivity contribution in [2.24, 2.45) is 0 Å². The predicted molar refractivity (Wildman–Crippen MR) is 96.4 cm³/mol. The molecule has 0 saturated heterocycles. The molecule has 0 amide bonds. The Morgan fingerprint density at radius 1 is 0.808 bits per heavy atom. The molecule has 0 aliphatic heterocycles. The van der Waals surface area contributed by atoms with E-state index in [4.69, 9.17) is 29.6 Å². The van der Waals surface area contributed by atoms with E-state index in [0.717, 1.165) is 5.56 Å². The Morgan fingerprint density at radius 3 is 1.77 bits per heavy atom. The summed E-state index contributed by atoms with van der Waals surface area (Å²) in [5, 5.41) is 0. The summed E-state index contributed by atoms with van der Waals surface area (Å²) in [6.07, 6.45) is 5.04. The van der Waals surface area contributed by atoms with Gasteiger partial charge in [0.1, 0.15) is 6.61 Å². The van der Waals surface area contributed by atoms with Crippen molar-refractivity contribution in [2.75, 3.05) is 59.5 Å². The highest BCUT2D eigenvalue weighted by Crippen LogP contribution is 2.12. The van der Waals surface area contributed by atoms with Gasteiger partial charge in [0, 0.05) is 0 Å². The van der Waals surface area contributed by atoms with Gasteiger partial charge in [0.05, 0.1) is 57.8 Å². The van der Waals surface area contributed by atoms with Gasteiger partial charge < -0.3 is 18.9 Å². The fraction of sp³-hybridized carbons (Fsp3) is 0.556. The third-order valence-electron chi connectivity index (χ3n) is 3.08. The first-order chi connectivity index (χ1) is 12.6. The molecule has 0 aliphatic carbocycles. The molecular weight excluding hydrogens is 360 g/mol. The molecule has 0 aromatic heterocycles. The molecule has 0 N–H and O–H groups in total. The Labute approximate surface area is 155 Å². The lowest BCUT2D eigenvalue weighted by Crippen LogP contribution is -2.15. The molecule has 146 valence electrons. The average Bonchev–Trinajstić information content (AvgIpc) is 2.62. The van der Waals surface area contributed by atoms with E-state index >= 15 is 0 Å². The first-order valence-electron chi connectivity index (χ1n) is 8.27. The summed E-state index contributed by atoms with van der Waals surface area (Å²) in [7, 11) is -3.74. The first kappa shape index (κ1) is 22.6.